The molecule has 0 amide bonds. The molecule has 0 saturated heterocycles. The highest BCUT2D eigenvalue weighted by Gasteiger charge is 2.02. The predicted octanol–water partition coefficient (Wildman–Crippen LogP) is 0.710. The van der Waals surface area contributed by atoms with Gasteiger partial charge in [0.15, 0.2) is 0 Å². The van der Waals surface area contributed by atoms with Crippen molar-refractivity contribution < 1.29 is 22.3 Å². The van der Waals surface area contributed by atoms with Crippen molar-refractivity contribution in [2.24, 2.45) is 4.36 Å². The van der Waals surface area contributed by atoms with E-state index in [1.165, 1.54) is 6.92 Å². The van der Waals surface area contributed by atoms with E-state index < -0.39 is 22.7 Å². The van der Waals surface area contributed by atoms with Crippen LogP contribution in [0.25, 0.3) is 0 Å². The third-order valence-corrected chi connectivity index (χ3v) is 1.16. The highest BCUT2D eigenvalue weighted by molar-refractivity contribution is 7.61. The number of rotatable bonds is 3. The number of hydrogen-bond donors (Lipinski definition) is 0. The second-order valence-electron chi connectivity index (χ2n) is 1.56. The van der Waals surface area contributed by atoms with Gasteiger partial charge in [0.05, 0.1) is 7.18 Å². The molecule has 0 spiro atoms. The first-order valence-corrected chi connectivity index (χ1v) is 4.10. The van der Waals surface area contributed by atoms with Crippen molar-refractivity contribution in [1.82, 2.24) is 0 Å². The average molecular weight is 211 g/mol. The van der Waals surface area contributed by atoms with Crippen LogP contribution in [0, 0.1) is 0 Å². The van der Waals surface area contributed by atoms with Crippen LogP contribution in [0.4, 0.5) is 4.39 Å². The molecule has 0 aliphatic carbocycles. The number of carbonyl (C=O) groups is 1. The summed E-state index contributed by atoms with van der Waals surface area (Å²) in [6.07, 6.45) is -0.0569. The SMILES string of the molecule is C=CC(=O)OC(C)N=S(=O)=O.CF. The van der Waals surface area contributed by atoms with Crippen LogP contribution in [-0.4, -0.2) is 27.8 Å². The molecule has 0 aromatic heterocycles. The van der Waals surface area contributed by atoms with Gasteiger partial charge in [0, 0.05) is 6.08 Å². The smallest absolute Gasteiger partial charge is 0.332 e. The van der Waals surface area contributed by atoms with Gasteiger partial charge in [-0.2, -0.15) is 8.42 Å². The molecule has 0 radical (unpaired) electrons. The van der Waals surface area contributed by atoms with Crippen LogP contribution in [-0.2, 0) is 20.0 Å². The Hall–Kier alpha value is -1.24. The zero-order valence-electron chi connectivity index (χ0n) is 7.23. The zero-order chi connectivity index (χ0) is 10.9. The van der Waals surface area contributed by atoms with E-state index in [-0.39, 0.29) is 0 Å². The standard InChI is InChI=1S/C5H7NO4S.CH3F/c1-3-5(7)10-4(2)6-11(8)9;1-2/h3-4H,1H2,2H3;1H3. The molecule has 0 bridgehead atoms. The first-order valence-electron chi connectivity index (χ1n) is 3.07. The van der Waals surface area contributed by atoms with Gasteiger partial charge in [-0.15, -0.1) is 4.36 Å². The van der Waals surface area contributed by atoms with E-state index >= 15 is 0 Å². The number of nitrogens with zero attached hydrogens (tertiary/aromatic N) is 1. The Bertz CT molecular complexity index is 277. The van der Waals surface area contributed by atoms with Crippen molar-refractivity contribution >= 4 is 16.5 Å². The number of ether oxygens (including phenoxy) is 1. The zero-order valence-corrected chi connectivity index (χ0v) is 8.04. The Labute approximate surface area is 76.9 Å². The van der Waals surface area contributed by atoms with Gasteiger partial charge in [-0.1, -0.05) is 6.58 Å². The number of halogens is 1. The summed E-state index contributed by atoms with van der Waals surface area (Å²) in [4.78, 5) is 10.4. The molecule has 1 unspecified atom stereocenters. The van der Waals surface area contributed by atoms with Crippen molar-refractivity contribution in [3.63, 3.8) is 0 Å². The van der Waals surface area contributed by atoms with Crippen LogP contribution in [0.2, 0.25) is 0 Å². The van der Waals surface area contributed by atoms with Gasteiger partial charge in [-0.3, -0.25) is 4.39 Å². The first-order chi connectivity index (χ1) is 6.06. The third-order valence-electron chi connectivity index (χ3n) is 0.688. The molecule has 0 fully saturated rings. The molecular weight excluding hydrogens is 201 g/mol. The number of carbonyl (C=O) groups excluding carboxylic acids is 1. The topological polar surface area (TPSA) is 72.8 Å². The molecule has 1 atom stereocenters. The normalized spacial score (nSPS) is 10.1. The summed E-state index contributed by atoms with van der Waals surface area (Å²) in [6, 6.07) is 0. The monoisotopic (exact) mass is 211 g/mol. The lowest BCUT2D eigenvalue weighted by Gasteiger charge is -2.01. The summed E-state index contributed by atoms with van der Waals surface area (Å²) in [5, 5.41) is 0. The highest BCUT2D eigenvalue weighted by atomic mass is 32.2. The van der Waals surface area contributed by atoms with Gasteiger partial charge in [0.25, 0.3) is 0 Å². The Balaban J connectivity index is 0. The van der Waals surface area contributed by atoms with Gasteiger partial charge >= 0.3 is 16.5 Å². The predicted molar refractivity (Wildman–Crippen MR) is 44.1 cm³/mol. The third kappa shape index (κ3) is 10.8. The Morgan fingerprint density at radius 2 is 2.08 bits per heavy atom. The van der Waals surface area contributed by atoms with E-state index in [4.69, 9.17) is 0 Å². The molecule has 0 heterocycles. The fourth-order valence-corrected chi connectivity index (χ4v) is 0.644. The van der Waals surface area contributed by atoms with Crippen LogP contribution in [0.3, 0.4) is 0 Å². The van der Waals surface area contributed by atoms with Gasteiger partial charge in [-0.25, -0.2) is 4.79 Å². The minimum atomic E-state index is -2.55. The Kier molecular flexibility index (Phi) is 9.73. The molecule has 0 aliphatic rings. The Morgan fingerprint density at radius 3 is 2.38 bits per heavy atom. The van der Waals surface area contributed by atoms with E-state index in [0.29, 0.717) is 7.18 Å². The van der Waals surface area contributed by atoms with E-state index in [1.807, 2.05) is 0 Å². The van der Waals surface area contributed by atoms with Crippen molar-refractivity contribution in [3.8, 4) is 0 Å². The number of hydrogen-bond acceptors (Lipinski definition) is 5. The van der Waals surface area contributed by atoms with E-state index in [9.17, 15) is 17.6 Å². The largest absolute Gasteiger partial charge is 0.436 e. The second kappa shape index (κ2) is 8.85. The summed E-state index contributed by atoms with van der Waals surface area (Å²) in [5.41, 5.74) is 0. The number of alkyl halides is 1. The van der Waals surface area contributed by atoms with Gasteiger partial charge in [0.2, 0.25) is 6.23 Å². The van der Waals surface area contributed by atoms with Gasteiger partial charge in [-0.05, 0) is 6.92 Å². The van der Waals surface area contributed by atoms with Crippen LogP contribution in [0.15, 0.2) is 17.0 Å². The molecule has 0 aromatic carbocycles. The summed E-state index contributed by atoms with van der Waals surface area (Å²) in [6.45, 7) is 4.45. The molecule has 0 aliphatic heterocycles. The lowest BCUT2D eigenvalue weighted by Crippen LogP contribution is -2.09. The maximum atomic E-state index is 10.4. The van der Waals surface area contributed by atoms with Crippen LogP contribution in [0.5, 0.6) is 0 Å². The van der Waals surface area contributed by atoms with E-state index in [0.717, 1.165) is 6.08 Å². The van der Waals surface area contributed by atoms with Gasteiger partial charge in [0.1, 0.15) is 0 Å². The molecule has 76 valence electrons. The molecule has 0 saturated carbocycles. The fraction of sp³-hybridized carbons (Fsp3) is 0.500. The minimum absolute atomic E-state index is 0.500. The second-order valence-corrected chi connectivity index (χ2v) is 2.21. The highest BCUT2D eigenvalue weighted by Crippen LogP contribution is 1.92. The molecule has 0 N–H and O–H groups in total. The van der Waals surface area contributed by atoms with Crippen LogP contribution >= 0.6 is 0 Å². The van der Waals surface area contributed by atoms with Crippen LogP contribution in [0.1, 0.15) is 6.92 Å². The van der Waals surface area contributed by atoms with Gasteiger partial charge < -0.3 is 4.74 Å². The minimum Gasteiger partial charge on any atom is -0.436 e. The maximum absolute atomic E-state index is 10.4. The van der Waals surface area contributed by atoms with Crippen molar-refractivity contribution in [2.45, 2.75) is 13.2 Å². The molecule has 5 nitrogen and oxygen atoms in total. The number of esters is 1. The van der Waals surface area contributed by atoms with Crippen molar-refractivity contribution in [2.75, 3.05) is 7.18 Å². The summed E-state index contributed by atoms with van der Waals surface area (Å²) in [7, 11) is -2.05. The van der Waals surface area contributed by atoms with Crippen molar-refractivity contribution in [3.05, 3.63) is 12.7 Å². The summed E-state index contributed by atoms with van der Waals surface area (Å²) >= 11 is 0. The molecular formula is C6H10FNO4S. The lowest BCUT2D eigenvalue weighted by atomic mass is 10.6. The molecule has 13 heavy (non-hydrogen) atoms. The maximum Gasteiger partial charge on any atom is 0.332 e. The molecule has 0 aromatic rings. The fourth-order valence-electron chi connectivity index (χ4n) is 0.359. The molecule has 0 rings (SSSR count). The first kappa shape index (κ1) is 14.3. The van der Waals surface area contributed by atoms with E-state index in [2.05, 4.69) is 15.7 Å². The summed E-state index contributed by atoms with van der Waals surface area (Å²) in [5.74, 6) is -0.702. The Morgan fingerprint density at radius 1 is 1.62 bits per heavy atom. The van der Waals surface area contributed by atoms with E-state index in [1.54, 1.807) is 0 Å². The lowest BCUT2D eigenvalue weighted by molar-refractivity contribution is -0.141. The van der Waals surface area contributed by atoms with Crippen LogP contribution < -0.4 is 0 Å². The summed E-state index contributed by atoms with van der Waals surface area (Å²) < 4.78 is 36.7. The average Bonchev–Trinajstić information content (AvgIpc) is 2.06. The quantitative estimate of drug-likeness (QED) is 0.509. The van der Waals surface area contributed by atoms with Crippen molar-refractivity contribution in [1.29, 1.82) is 0 Å². The molecule has 7 heteroatoms.